The lowest BCUT2D eigenvalue weighted by molar-refractivity contribution is -0.133. The van der Waals surface area contributed by atoms with Gasteiger partial charge in [0.15, 0.2) is 0 Å². The van der Waals surface area contributed by atoms with E-state index in [1.807, 2.05) is 0 Å². The van der Waals surface area contributed by atoms with Crippen LogP contribution in [0.1, 0.15) is 0 Å². The Morgan fingerprint density at radius 3 is 2.56 bits per heavy atom. The van der Waals surface area contributed by atoms with Crippen LogP contribution in [0.2, 0.25) is 0 Å². The Kier molecular flexibility index (Phi) is 3.28. The maximum atomic E-state index is 13.2. The number of nitrogens with zero attached hydrogens (tertiary/aromatic N) is 2. The highest BCUT2D eigenvalue weighted by atomic mass is 19.1. The van der Waals surface area contributed by atoms with Crippen LogP contribution in [-0.4, -0.2) is 27.0 Å². The van der Waals surface area contributed by atoms with Crippen molar-refractivity contribution in [2.75, 3.05) is 10.6 Å². The zero-order chi connectivity index (χ0) is 13.0. The van der Waals surface area contributed by atoms with Gasteiger partial charge in [0.2, 0.25) is 5.95 Å². The summed E-state index contributed by atoms with van der Waals surface area (Å²) in [6.07, 6.45) is 1.17. The third kappa shape index (κ3) is 2.67. The number of hydrogen-bond acceptors (Lipinski definition) is 4. The summed E-state index contributed by atoms with van der Waals surface area (Å²) in [5.74, 6) is -2.58. The third-order valence-electron chi connectivity index (χ3n) is 1.98. The molecule has 0 unspecified atom stereocenters. The molecule has 0 radical (unpaired) electrons. The summed E-state index contributed by atoms with van der Waals surface area (Å²) >= 11 is 0. The van der Waals surface area contributed by atoms with Crippen molar-refractivity contribution in [3.8, 4) is 0 Å². The maximum Gasteiger partial charge on any atom is 0.316 e. The van der Waals surface area contributed by atoms with Gasteiger partial charge in [0.1, 0.15) is 12.1 Å². The minimum atomic E-state index is -1.00. The van der Waals surface area contributed by atoms with E-state index in [1.54, 1.807) is 0 Å². The van der Waals surface area contributed by atoms with Gasteiger partial charge in [0.25, 0.3) is 0 Å². The van der Waals surface area contributed by atoms with Gasteiger partial charge in [-0.05, 0) is 12.1 Å². The number of aromatic amines is 1. The van der Waals surface area contributed by atoms with Gasteiger partial charge in [-0.3, -0.25) is 14.9 Å². The lowest BCUT2D eigenvalue weighted by atomic mass is 10.3. The van der Waals surface area contributed by atoms with Crippen molar-refractivity contribution in [1.82, 2.24) is 15.2 Å². The molecule has 0 aliphatic heterocycles. The first kappa shape index (κ1) is 11.7. The molecular weight excluding hydrogens is 241 g/mol. The summed E-state index contributed by atoms with van der Waals surface area (Å²) in [5, 5.41) is 10.1. The van der Waals surface area contributed by atoms with Gasteiger partial charge in [-0.1, -0.05) is 12.1 Å². The zero-order valence-corrected chi connectivity index (χ0v) is 8.98. The van der Waals surface area contributed by atoms with Gasteiger partial charge in [-0.15, -0.1) is 0 Å². The molecule has 0 saturated carbocycles. The normalized spacial score (nSPS) is 9.83. The zero-order valence-electron chi connectivity index (χ0n) is 8.98. The summed E-state index contributed by atoms with van der Waals surface area (Å²) in [7, 11) is 0. The van der Waals surface area contributed by atoms with Gasteiger partial charge in [0, 0.05) is 0 Å². The van der Waals surface area contributed by atoms with Crippen molar-refractivity contribution in [3.05, 3.63) is 36.4 Å². The van der Waals surface area contributed by atoms with Crippen LogP contribution in [0.3, 0.4) is 0 Å². The van der Waals surface area contributed by atoms with Crippen molar-refractivity contribution >= 4 is 23.5 Å². The summed E-state index contributed by atoms with van der Waals surface area (Å²) in [6.45, 7) is 0. The molecule has 0 saturated heterocycles. The summed E-state index contributed by atoms with van der Waals surface area (Å²) in [4.78, 5) is 26.4. The fraction of sp³-hybridized carbons (Fsp3) is 0. The van der Waals surface area contributed by atoms with Crippen LogP contribution in [0.4, 0.5) is 16.0 Å². The molecule has 1 heterocycles. The molecule has 8 heteroatoms. The second-order valence-corrected chi connectivity index (χ2v) is 3.22. The predicted molar refractivity (Wildman–Crippen MR) is 60.0 cm³/mol. The molecule has 0 fully saturated rings. The van der Waals surface area contributed by atoms with Gasteiger partial charge in [-0.2, -0.15) is 10.1 Å². The van der Waals surface area contributed by atoms with E-state index in [-0.39, 0.29) is 11.6 Å². The highest BCUT2D eigenvalue weighted by molar-refractivity contribution is 6.43. The molecule has 2 aromatic rings. The lowest BCUT2D eigenvalue weighted by Crippen LogP contribution is -2.29. The van der Waals surface area contributed by atoms with Crippen molar-refractivity contribution < 1.29 is 14.0 Å². The van der Waals surface area contributed by atoms with E-state index < -0.39 is 17.6 Å². The number of aromatic nitrogens is 3. The third-order valence-corrected chi connectivity index (χ3v) is 1.98. The van der Waals surface area contributed by atoms with Crippen LogP contribution in [0.25, 0.3) is 0 Å². The van der Waals surface area contributed by atoms with E-state index in [2.05, 4.69) is 25.8 Å². The molecule has 18 heavy (non-hydrogen) atoms. The molecule has 3 N–H and O–H groups in total. The Bertz CT molecular complexity index is 569. The number of benzene rings is 1. The molecule has 1 aromatic heterocycles. The quantitative estimate of drug-likeness (QED) is 0.675. The largest absolute Gasteiger partial charge is 0.316 e. The molecule has 0 aliphatic carbocycles. The number of H-pyrrole nitrogens is 1. The van der Waals surface area contributed by atoms with Crippen LogP contribution >= 0.6 is 0 Å². The molecular formula is C10H8FN5O2. The number of rotatable bonds is 2. The first-order valence-electron chi connectivity index (χ1n) is 4.89. The second-order valence-electron chi connectivity index (χ2n) is 3.22. The molecule has 0 aliphatic rings. The predicted octanol–water partition coefficient (Wildman–Crippen LogP) is 0.521. The Balaban J connectivity index is 2.00. The van der Waals surface area contributed by atoms with Crippen molar-refractivity contribution in [3.63, 3.8) is 0 Å². The van der Waals surface area contributed by atoms with Gasteiger partial charge in [0.05, 0.1) is 5.69 Å². The number of halogens is 1. The van der Waals surface area contributed by atoms with E-state index in [0.717, 1.165) is 0 Å². The highest BCUT2D eigenvalue weighted by Crippen LogP contribution is 2.12. The molecule has 0 bridgehead atoms. The Labute approximate surface area is 100 Å². The number of carbonyl (C=O) groups is 2. The fourth-order valence-electron chi connectivity index (χ4n) is 1.17. The molecule has 2 rings (SSSR count). The Morgan fingerprint density at radius 1 is 1.17 bits per heavy atom. The van der Waals surface area contributed by atoms with Gasteiger partial charge < -0.3 is 5.32 Å². The summed E-state index contributed by atoms with van der Waals surface area (Å²) in [5.41, 5.74) is -0.0739. The molecule has 2 amide bonds. The van der Waals surface area contributed by atoms with Crippen LogP contribution in [-0.2, 0) is 9.59 Å². The minimum absolute atomic E-state index is 0.0312. The molecule has 0 atom stereocenters. The maximum absolute atomic E-state index is 13.2. The SMILES string of the molecule is O=C(Nc1ncn[nH]1)C(=O)Nc1ccccc1F. The van der Waals surface area contributed by atoms with Crippen LogP contribution in [0, 0.1) is 5.82 Å². The van der Waals surface area contributed by atoms with Gasteiger partial charge >= 0.3 is 11.8 Å². The standard InChI is InChI=1S/C10H8FN5O2/c11-6-3-1-2-4-7(6)14-8(17)9(18)15-10-12-5-13-16-10/h1-5H,(H,14,17)(H2,12,13,15,16,18). The van der Waals surface area contributed by atoms with E-state index in [1.165, 1.54) is 30.6 Å². The number of para-hydroxylation sites is 1. The van der Waals surface area contributed by atoms with E-state index in [0.29, 0.717) is 0 Å². The van der Waals surface area contributed by atoms with Crippen LogP contribution in [0.15, 0.2) is 30.6 Å². The highest BCUT2D eigenvalue weighted by Gasteiger charge is 2.16. The second kappa shape index (κ2) is 5.04. The molecule has 92 valence electrons. The summed E-state index contributed by atoms with van der Waals surface area (Å²) < 4.78 is 13.2. The number of hydrogen-bond donors (Lipinski definition) is 3. The number of carbonyl (C=O) groups excluding carboxylic acids is 2. The Hall–Kier alpha value is -2.77. The molecule has 7 nitrogen and oxygen atoms in total. The van der Waals surface area contributed by atoms with Crippen LogP contribution < -0.4 is 10.6 Å². The summed E-state index contributed by atoms with van der Waals surface area (Å²) in [6, 6.07) is 5.52. The molecule has 0 spiro atoms. The van der Waals surface area contributed by atoms with E-state index >= 15 is 0 Å². The van der Waals surface area contributed by atoms with Crippen molar-refractivity contribution in [1.29, 1.82) is 0 Å². The fourth-order valence-corrected chi connectivity index (χ4v) is 1.17. The number of amides is 2. The van der Waals surface area contributed by atoms with E-state index in [4.69, 9.17) is 0 Å². The first-order chi connectivity index (χ1) is 8.66. The number of anilines is 2. The minimum Gasteiger partial charge on any atom is -0.315 e. The molecule has 1 aromatic carbocycles. The number of nitrogens with one attached hydrogen (secondary N) is 3. The van der Waals surface area contributed by atoms with Crippen molar-refractivity contribution in [2.24, 2.45) is 0 Å². The van der Waals surface area contributed by atoms with E-state index in [9.17, 15) is 14.0 Å². The monoisotopic (exact) mass is 249 g/mol. The topological polar surface area (TPSA) is 99.8 Å². The van der Waals surface area contributed by atoms with Crippen molar-refractivity contribution in [2.45, 2.75) is 0 Å². The smallest absolute Gasteiger partial charge is 0.315 e. The Morgan fingerprint density at radius 2 is 1.89 bits per heavy atom. The van der Waals surface area contributed by atoms with Crippen LogP contribution in [0.5, 0.6) is 0 Å². The first-order valence-corrected chi connectivity index (χ1v) is 4.89. The average molecular weight is 249 g/mol. The van der Waals surface area contributed by atoms with Gasteiger partial charge in [-0.25, -0.2) is 9.49 Å². The average Bonchev–Trinajstić information content (AvgIpc) is 2.84. The lowest BCUT2D eigenvalue weighted by Gasteiger charge is -2.05.